The predicted octanol–water partition coefficient (Wildman–Crippen LogP) is 3.53. The first-order chi connectivity index (χ1) is 11.6. The van der Waals surface area contributed by atoms with Crippen LogP contribution < -0.4 is 10.2 Å². The molecule has 24 heavy (non-hydrogen) atoms. The first kappa shape index (κ1) is 16.4. The molecule has 5 nitrogen and oxygen atoms in total. The van der Waals surface area contributed by atoms with Crippen LogP contribution in [-0.2, 0) is 6.42 Å². The van der Waals surface area contributed by atoms with Crippen molar-refractivity contribution in [3.8, 4) is 0 Å². The van der Waals surface area contributed by atoms with Crippen LogP contribution in [0.5, 0.6) is 0 Å². The average molecular weight is 324 g/mol. The van der Waals surface area contributed by atoms with Crippen molar-refractivity contribution in [2.75, 3.05) is 16.8 Å². The molecule has 126 valence electrons. The van der Waals surface area contributed by atoms with E-state index in [-0.39, 0.29) is 11.9 Å². The van der Waals surface area contributed by atoms with E-state index in [4.69, 9.17) is 0 Å². The molecule has 1 amide bonds. The number of nitrogens with zero attached hydrogens (tertiary/aromatic N) is 3. The molecule has 1 unspecified atom stereocenters. The van der Waals surface area contributed by atoms with Gasteiger partial charge in [-0.25, -0.2) is 9.97 Å². The van der Waals surface area contributed by atoms with Crippen LogP contribution in [0.1, 0.15) is 43.2 Å². The van der Waals surface area contributed by atoms with Gasteiger partial charge in [0.2, 0.25) is 0 Å². The van der Waals surface area contributed by atoms with Gasteiger partial charge < -0.3 is 10.2 Å². The summed E-state index contributed by atoms with van der Waals surface area (Å²) in [7, 11) is 0. The SMILES string of the molecule is CC(C)CCNc1cc(C(=O)N2c3ccccc3CC2C)ncn1. The zero-order valence-electron chi connectivity index (χ0n) is 14.5. The highest BCUT2D eigenvalue weighted by Gasteiger charge is 2.31. The lowest BCUT2D eigenvalue weighted by atomic mass is 10.1. The number of carbonyl (C=O) groups is 1. The third-order valence-corrected chi connectivity index (χ3v) is 4.34. The van der Waals surface area contributed by atoms with Crippen molar-refractivity contribution in [3.05, 3.63) is 47.9 Å². The van der Waals surface area contributed by atoms with Gasteiger partial charge in [-0.2, -0.15) is 0 Å². The molecule has 0 radical (unpaired) electrons. The van der Waals surface area contributed by atoms with Crippen LogP contribution in [0, 0.1) is 5.92 Å². The van der Waals surface area contributed by atoms with Crippen molar-refractivity contribution in [1.82, 2.24) is 9.97 Å². The molecule has 0 aliphatic carbocycles. The second-order valence-electron chi connectivity index (χ2n) is 6.75. The van der Waals surface area contributed by atoms with Gasteiger partial charge in [-0.05, 0) is 37.3 Å². The fraction of sp³-hybridized carbons (Fsp3) is 0.421. The molecule has 1 aromatic carbocycles. The van der Waals surface area contributed by atoms with Crippen LogP contribution in [0.3, 0.4) is 0 Å². The highest BCUT2D eigenvalue weighted by molar-refractivity contribution is 6.06. The normalized spacial score (nSPS) is 16.3. The highest BCUT2D eigenvalue weighted by atomic mass is 16.2. The van der Waals surface area contributed by atoms with Gasteiger partial charge in [0, 0.05) is 24.3 Å². The van der Waals surface area contributed by atoms with Crippen LogP contribution >= 0.6 is 0 Å². The summed E-state index contributed by atoms with van der Waals surface area (Å²) in [5.74, 6) is 1.26. The summed E-state index contributed by atoms with van der Waals surface area (Å²) in [6.45, 7) is 7.28. The van der Waals surface area contributed by atoms with Gasteiger partial charge in [0.25, 0.3) is 5.91 Å². The first-order valence-corrected chi connectivity index (χ1v) is 8.53. The Kier molecular flexibility index (Phi) is 4.79. The van der Waals surface area contributed by atoms with Crippen LogP contribution in [0.15, 0.2) is 36.7 Å². The third-order valence-electron chi connectivity index (χ3n) is 4.34. The molecule has 1 N–H and O–H groups in total. The Balaban J connectivity index is 1.78. The van der Waals surface area contributed by atoms with Gasteiger partial charge in [0.05, 0.1) is 0 Å². The maximum atomic E-state index is 13.0. The molecule has 1 atom stereocenters. The van der Waals surface area contributed by atoms with E-state index in [1.165, 1.54) is 11.9 Å². The third kappa shape index (κ3) is 3.40. The monoisotopic (exact) mass is 324 g/mol. The molecule has 5 heteroatoms. The van der Waals surface area contributed by atoms with Crippen molar-refractivity contribution in [2.24, 2.45) is 5.92 Å². The number of aromatic nitrogens is 2. The molecular weight excluding hydrogens is 300 g/mol. The molecular formula is C19H24N4O. The van der Waals surface area contributed by atoms with E-state index in [2.05, 4.69) is 42.1 Å². The van der Waals surface area contributed by atoms with Crippen LogP contribution in [0.25, 0.3) is 0 Å². The van der Waals surface area contributed by atoms with Gasteiger partial charge >= 0.3 is 0 Å². The quantitative estimate of drug-likeness (QED) is 0.914. The lowest BCUT2D eigenvalue weighted by molar-refractivity contribution is 0.0976. The summed E-state index contributed by atoms with van der Waals surface area (Å²) in [6, 6.07) is 9.95. The number of benzene rings is 1. The standard InChI is InChI=1S/C19H24N4O/c1-13(2)8-9-20-18-11-16(21-12-22-18)19(24)23-14(3)10-15-6-4-5-7-17(15)23/h4-7,11-14H,8-10H2,1-3H3,(H,20,21,22). The van der Waals surface area contributed by atoms with Crippen LogP contribution in [0.4, 0.5) is 11.5 Å². The Bertz CT molecular complexity index is 729. The van der Waals surface area contributed by atoms with E-state index in [9.17, 15) is 4.79 Å². The molecule has 3 rings (SSSR count). The maximum absolute atomic E-state index is 13.0. The summed E-state index contributed by atoms with van der Waals surface area (Å²) in [6.07, 6.45) is 3.40. The zero-order chi connectivity index (χ0) is 17.1. The summed E-state index contributed by atoms with van der Waals surface area (Å²) in [5, 5.41) is 3.27. The Morgan fingerprint density at radius 2 is 2.12 bits per heavy atom. The Morgan fingerprint density at radius 1 is 1.33 bits per heavy atom. The fourth-order valence-electron chi connectivity index (χ4n) is 3.06. The number of fused-ring (bicyclic) bond motifs is 1. The molecule has 0 bridgehead atoms. The van der Waals surface area contributed by atoms with Crippen molar-refractivity contribution < 1.29 is 4.79 Å². The van der Waals surface area contributed by atoms with Gasteiger partial charge in [-0.1, -0.05) is 32.0 Å². The smallest absolute Gasteiger partial charge is 0.277 e. The van der Waals surface area contributed by atoms with Crippen molar-refractivity contribution in [1.29, 1.82) is 0 Å². The van der Waals surface area contributed by atoms with E-state index >= 15 is 0 Å². The number of hydrogen-bond acceptors (Lipinski definition) is 4. The minimum atomic E-state index is -0.0678. The predicted molar refractivity (Wildman–Crippen MR) is 96.4 cm³/mol. The number of hydrogen-bond donors (Lipinski definition) is 1. The first-order valence-electron chi connectivity index (χ1n) is 8.53. The second-order valence-corrected chi connectivity index (χ2v) is 6.75. The van der Waals surface area contributed by atoms with Crippen LogP contribution in [0.2, 0.25) is 0 Å². The fourth-order valence-corrected chi connectivity index (χ4v) is 3.06. The topological polar surface area (TPSA) is 58.1 Å². The molecule has 0 spiro atoms. The summed E-state index contributed by atoms with van der Waals surface area (Å²) in [4.78, 5) is 23.2. The molecule has 1 aromatic heterocycles. The minimum absolute atomic E-state index is 0.0678. The zero-order valence-corrected chi connectivity index (χ0v) is 14.5. The van der Waals surface area contributed by atoms with Crippen molar-refractivity contribution >= 4 is 17.4 Å². The average Bonchev–Trinajstić information content (AvgIpc) is 2.90. The van der Waals surface area contributed by atoms with E-state index in [0.717, 1.165) is 25.1 Å². The molecule has 1 aliphatic heterocycles. The summed E-state index contributed by atoms with van der Waals surface area (Å²) < 4.78 is 0. The number of para-hydroxylation sites is 1. The summed E-state index contributed by atoms with van der Waals surface area (Å²) >= 11 is 0. The van der Waals surface area contributed by atoms with Crippen molar-refractivity contribution in [2.45, 2.75) is 39.7 Å². The van der Waals surface area contributed by atoms with Gasteiger partial charge in [0.1, 0.15) is 17.8 Å². The lowest BCUT2D eigenvalue weighted by Crippen LogP contribution is -2.36. The molecule has 0 saturated carbocycles. The number of anilines is 2. The van der Waals surface area contributed by atoms with Crippen molar-refractivity contribution in [3.63, 3.8) is 0 Å². The van der Waals surface area contributed by atoms with E-state index < -0.39 is 0 Å². The Labute approximate surface area is 143 Å². The minimum Gasteiger partial charge on any atom is -0.370 e. The second kappa shape index (κ2) is 6.99. The van der Waals surface area contributed by atoms with Gasteiger partial charge in [-0.15, -0.1) is 0 Å². The largest absolute Gasteiger partial charge is 0.370 e. The number of rotatable bonds is 5. The summed E-state index contributed by atoms with van der Waals surface area (Å²) in [5.41, 5.74) is 2.63. The van der Waals surface area contributed by atoms with E-state index in [1.807, 2.05) is 23.1 Å². The molecule has 0 fully saturated rings. The number of carbonyl (C=O) groups excluding carboxylic acids is 1. The number of amides is 1. The van der Waals surface area contributed by atoms with E-state index in [0.29, 0.717) is 17.4 Å². The molecule has 0 saturated heterocycles. The Morgan fingerprint density at radius 3 is 2.92 bits per heavy atom. The number of nitrogens with one attached hydrogen (secondary N) is 1. The Hall–Kier alpha value is -2.43. The molecule has 2 aromatic rings. The molecule has 2 heterocycles. The van der Waals surface area contributed by atoms with Gasteiger partial charge in [0.15, 0.2) is 0 Å². The molecule has 1 aliphatic rings. The highest BCUT2D eigenvalue weighted by Crippen LogP contribution is 2.32. The maximum Gasteiger partial charge on any atom is 0.277 e. The lowest BCUT2D eigenvalue weighted by Gasteiger charge is -2.22. The van der Waals surface area contributed by atoms with Crippen LogP contribution in [-0.4, -0.2) is 28.5 Å². The van der Waals surface area contributed by atoms with Gasteiger partial charge in [-0.3, -0.25) is 4.79 Å². The van der Waals surface area contributed by atoms with E-state index in [1.54, 1.807) is 6.07 Å².